The van der Waals surface area contributed by atoms with Crippen molar-refractivity contribution in [2.24, 2.45) is 0 Å². The summed E-state index contributed by atoms with van der Waals surface area (Å²) in [7, 11) is 0. The number of benzene rings is 3. The van der Waals surface area contributed by atoms with Crippen LogP contribution in [-0.4, -0.2) is 17.9 Å². The molecule has 0 saturated carbocycles. The van der Waals surface area contributed by atoms with Gasteiger partial charge in [-0.25, -0.2) is 4.79 Å². The predicted octanol–water partition coefficient (Wildman–Crippen LogP) is 5.18. The van der Waals surface area contributed by atoms with E-state index in [1.165, 1.54) is 11.1 Å². The summed E-state index contributed by atoms with van der Waals surface area (Å²) in [6.45, 7) is 2.07. The fourth-order valence-corrected chi connectivity index (χ4v) is 3.67. The topological polar surface area (TPSA) is 52.6 Å². The maximum atomic E-state index is 12.7. The Morgan fingerprint density at radius 2 is 1.57 bits per heavy atom. The maximum Gasteiger partial charge on any atom is 0.338 e. The van der Waals surface area contributed by atoms with Crippen molar-refractivity contribution < 1.29 is 19.1 Å². The zero-order chi connectivity index (χ0) is 20.9. The van der Waals surface area contributed by atoms with E-state index in [4.69, 9.17) is 9.47 Å². The minimum Gasteiger partial charge on any atom is -0.489 e. The van der Waals surface area contributed by atoms with Gasteiger partial charge in [0.1, 0.15) is 12.4 Å². The first kappa shape index (κ1) is 19.9. The van der Waals surface area contributed by atoms with Gasteiger partial charge in [0.2, 0.25) is 5.78 Å². The number of ketones is 1. The Labute approximate surface area is 176 Å². The van der Waals surface area contributed by atoms with Crippen LogP contribution >= 0.6 is 0 Å². The third kappa shape index (κ3) is 4.60. The van der Waals surface area contributed by atoms with Crippen molar-refractivity contribution in [1.29, 1.82) is 0 Å². The molecule has 4 heteroatoms. The highest BCUT2D eigenvalue weighted by Crippen LogP contribution is 2.24. The zero-order valence-corrected chi connectivity index (χ0v) is 17.0. The summed E-state index contributed by atoms with van der Waals surface area (Å²) in [4.78, 5) is 25.1. The van der Waals surface area contributed by atoms with E-state index < -0.39 is 12.1 Å². The van der Waals surface area contributed by atoms with Gasteiger partial charge in [-0.3, -0.25) is 4.79 Å². The van der Waals surface area contributed by atoms with E-state index in [0.29, 0.717) is 23.5 Å². The lowest BCUT2D eigenvalue weighted by atomic mass is 10.0. The van der Waals surface area contributed by atoms with Gasteiger partial charge in [-0.2, -0.15) is 0 Å². The molecular formula is C26H24O4. The van der Waals surface area contributed by atoms with Gasteiger partial charge in [-0.15, -0.1) is 0 Å². The van der Waals surface area contributed by atoms with Crippen LogP contribution in [0.15, 0.2) is 72.8 Å². The molecule has 0 spiro atoms. The normalized spacial score (nSPS) is 13.4. The lowest BCUT2D eigenvalue weighted by Gasteiger charge is -2.13. The summed E-state index contributed by atoms with van der Waals surface area (Å²) in [5, 5.41) is 0. The smallest absolute Gasteiger partial charge is 0.338 e. The molecule has 152 valence electrons. The first-order chi connectivity index (χ1) is 14.6. The van der Waals surface area contributed by atoms with Crippen LogP contribution < -0.4 is 4.74 Å². The molecule has 0 aromatic heterocycles. The molecule has 0 radical (unpaired) electrons. The summed E-state index contributed by atoms with van der Waals surface area (Å²) >= 11 is 0. The number of esters is 1. The molecule has 1 aliphatic carbocycles. The van der Waals surface area contributed by atoms with Crippen LogP contribution in [0.2, 0.25) is 0 Å². The first-order valence-electron chi connectivity index (χ1n) is 10.2. The number of aryl methyl sites for hydroxylation is 2. The second kappa shape index (κ2) is 8.95. The average Bonchev–Trinajstić information content (AvgIpc) is 3.26. The Morgan fingerprint density at radius 3 is 2.33 bits per heavy atom. The lowest BCUT2D eigenvalue weighted by Crippen LogP contribution is -2.24. The fraction of sp³-hybridized carbons (Fsp3) is 0.231. The number of Topliss-reactive ketones (excluding diaryl/α,β-unsaturated/α-hetero) is 1. The van der Waals surface area contributed by atoms with Crippen molar-refractivity contribution >= 4 is 11.8 Å². The van der Waals surface area contributed by atoms with E-state index in [-0.39, 0.29) is 5.78 Å². The number of hydrogen-bond acceptors (Lipinski definition) is 4. The first-order valence-corrected chi connectivity index (χ1v) is 10.2. The summed E-state index contributed by atoms with van der Waals surface area (Å²) < 4.78 is 11.1. The largest absolute Gasteiger partial charge is 0.489 e. The van der Waals surface area contributed by atoms with Gasteiger partial charge in [-0.05, 0) is 73.2 Å². The fourth-order valence-electron chi connectivity index (χ4n) is 3.67. The predicted molar refractivity (Wildman–Crippen MR) is 115 cm³/mol. The molecule has 0 aliphatic heterocycles. The van der Waals surface area contributed by atoms with Crippen LogP contribution in [0.25, 0.3) is 0 Å². The minimum absolute atomic E-state index is 0.180. The molecule has 30 heavy (non-hydrogen) atoms. The molecule has 4 rings (SSSR count). The van der Waals surface area contributed by atoms with Gasteiger partial charge in [0.05, 0.1) is 5.56 Å². The third-order valence-electron chi connectivity index (χ3n) is 5.37. The number of carbonyl (C=O) groups excluding carboxylic acids is 2. The van der Waals surface area contributed by atoms with E-state index in [1.807, 2.05) is 48.5 Å². The van der Waals surface area contributed by atoms with E-state index in [0.717, 1.165) is 24.8 Å². The molecular weight excluding hydrogens is 376 g/mol. The number of rotatable bonds is 7. The average molecular weight is 400 g/mol. The van der Waals surface area contributed by atoms with Crippen molar-refractivity contribution in [2.75, 3.05) is 0 Å². The van der Waals surface area contributed by atoms with Crippen LogP contribution in [0.3, 0.4) is 0 Å². The van der Waals surface area contributed by atoms with Crippen LogP contribution in [0, 0.1) is 0 Å². The highest BCUT2D eigenvalue weighted by molar-refractivity contribution is 6.01. The summed E-state index contributed by atoms with van der Waals surface area (Å²) in [6, 6.07) is 22.4. The highest BCUT2D eigenvalue weighted by Gasteiger charge is 2.22. The molecule has 0 bridgehead atoms. The molecule has 1 aliphatic rings. The second-order valence-electron chi connectivity index (χ2n) is 7.55. The molecule has 0 N–H and O–H groups in total. The molecule has 4 nitrogen and oxygen atoms in total. The number of fused-ring (bicyclic) bond motifs is 1. The summed E-state index contributed by atoms with van der Waals surface area (Å²) in [5.41, 5.74) is 4.59. The molecule has 3 aromatic rings. The van der Waals surface area contributed by atoms with Gasteiger partial charge in [0.25, 0.3) is 0 Å². The SMILES string of the molecule is C[C@H](OC(=O)c1ccc(OCc2ccccc2)cc1)C(=O)c1ccc2c(c1)CCC2. The molecule has 1 atom stereocenters. The van der Waals surface area contributed by atoms with Gasteiger partial charge >= 0.3 is 5.97 Å². The van der Waals surface area contributed by atoms with Gasteiger partial charge in [0, 0.05) is 5.56 Å². The Balaban J connectivity index is 1.34. The number of ether oxygens (including phenoxy) is 2. The van der Waals surface area contributed by atoms with Crippen molar-refractivity contribution in [2.45, 2.75) is 38.9 Å². The van der Waals surface area contributed by atoms with Crippen molar-refractivity contribution in [3.8, 4) is 5.75 Å². The summed E-state index contributed by atoms with van der Waals surface area (Å²) in [6.07, 6.45) is 2.36. The van der Waals surface area contributed by atoms with Crippen LogP contribution in [0.1, 0.15) is 50.8 Å². The molecule has 0 saturated heterocycles. The van der Waals surface area contributed by atoms with Crippen LogP contribution in [0.5, 0.6) is 5.75 Å². The van der Waals surface area contributed by atoms with E-state index >= 15 is 0 Å². The zero-order valence-electron chi connectivity index (χ0n) is 17.0. The second-order valence-corrected chi connectivity index (χ2v) is 7.55. The van der Waals surface area contributed by atoms with Crippen molar-refractivity contribution in [1.82, 2.24) is 0 Å². The Morgan fingerprint density at radius 1 is 0.867 bits per heavy atom. The minimum atomic E-state index is -0.842. The Hall–Kier alpha value is -3.40. The highest BCUT2D eigenvalue weighted by atomic mass is 16.5. The van der Waals surface area contributed by atoms with Crippen molar-refractivity contribution in [3.05, 3.63) is 101 Å². The van der Waals surface area contributed by atoms with E-state index in [2.05, 4.69) is 0 Å². The monoisotopic (exact) mass is 400 g/mol. The molecule has 0 heterocycles. The molecule has 3 aromatic carbocycles. The van der Waals surface area contributed by atoms with Gasteiger partial charge in [-0.1, -0.05) is 42.5 Å². The standard InChI is InChI=1S/C26H24O4/c1-18(25(27)23-11-10-20-8-5-9-22(20)16-23)30-26(28)21-12-14-24(15-13-21)29-17-19-6-3-2-4-7-19/h2-4,6-7,10-16,18H,5,8-9,17H2,1H3/t18-/m0/s1. The molecule has 0 amide bonds. The van der Waals surface area contributed by atoms with Crippen molar-refractivity contribution in [3.63, 3.8) is 0 Å². The van der Waals surface area contributed by atoms with E-state index in [1.54, 1.807) is 31.2 Å². The molecule has 0 unspecified atom stereocenters. The van der Waals surface area contributed by atoms with E-state index in [9.17, 15) is 9.59 Å². The van der Waals surface area contributed by atoms with Crippen LogP contribution in [0.4, 0.5) is 0 Å². The Bertz CT molecular complexity index is 1040. The summed E-state index contributed by atoms with van der Waals surface area (Å²) in [5.74, 6) is -0.0369. The van der Waals surface area contributed by atoms with Gasteiger partial charge in [0.15, 0.2) is 6.10 Å². The lowest BCUT2D eigenvalue weighted by molar-refractivity contribution is 0.0318. The number of carbonyl (C=O) groups is 2. The quantitative estimate of drug-likeness (QED) is 0.405. The Kier molecular flexibility index (Phi) is 5.94. The maximum absolute atomic E-state index is 12.7. The molecule has 0 fully saturated rings. The van der Waals surface area contributed by atoms with Crippen LogP contribution in [-0.2, 0) is 24.2 Å². The number of hydrogen-bond donors (Lipinski definition) is 0. The van der Waals surface area contributed by atoms with Gasteiger partial charge < -0.3 is 9.47 Å². The third-order valence-corrected chi connectivity index (χ3v) is 5.37.